The van der Waals surface area contributed by atoms with Crippen molar-refractivity contribution in [2.75, 3.05) is 12.3 Å². The molecule has 0 saturated carbocycles. The Morgan fingerprint density at radius 2 is 2.10 bits per heavy atom. The average Bonchev–Trinajstić information content (AvgIpc) is 3.05. The Bertz CT molecular complexity index is 543. The van der Waals surface area contributed by atoms with Crippen LogP contribution in [-0.4, -0.2) is 23.3 Å². The maximum atomic E-state index is 12.0. The number of hydrogen-bond donors (Lipinski definition) is 2. The van der Waals surface area contributed by atoms with Gasteiger partial charge in [0.25, 0.3) is 0 Å². The highest BCUT2D eigenvalue weighted by Crippen LogP contribution is 2.20. The highest BCUT2D eigenvalue weighted by atomic mass is 32.2. The summed E-state index contributed by atoms with van der Waals surface area (Å²) < 4.78 is 0. The second-order valence-electron chi connectivity index (χ2n) is 4.84. The van der Waals surface area contributed by atoms with Crippen molar-refractivity contribution in [3.8, 4) is 0 Å². The third-order valence-electron chi connectivity index (χ3n) is 3.09. The van der Waals surface area contributed by atoms with Crippen LogP contribution in [0.25, 0.3) is 0 Å². The van der Waals surface area contributed by atoms with E-state index in [9.17, 15) is 9.90 Å². The molecular weight excluding hydrogens is 302 g/mol. The minimum absolute atomic E-state index is 0.0206. The Morgan fingerprint density at radius 3 is 2.76 bits per heavy atom. The Balaban J connectivity index is 1.72. The zero-order chi connectivity index (χ0) is 15.1. The van der Waals surface area contributed by atoms with Gasteiger partial charge in [0.2, 0.25) is 5.91 Å². The summed E-state index contributed by atoms with van der Waals surface area (Å²) in [6, 6.07) is 11.9. The Labute approximate surface area is 133 Å². The molecule has 1 heterocycles. The first-order valence-corrected chi connectivity index (χ1v) is 8.75. The van der Waals surface area contributed by atoms with Crippen LogP contribution in [0, 0.1) is 5.92 Å². The van der Waals surface area contributed by atoms with E-state index in [1.807, 2.05) is 54.1 Å². The van der Waals surface area contributed by atoms with Gasteiger partial charge in [0, 0.05) is 23.1 Å². The van der Waals surface area contributed by atoms with Crippen LogP contribution < -0.4 is 5.32 Å². The number of thioether (sulfide) groups is 1. The molecule has 1 amide bonds. The molecule has 2 atom stereocenters. The molecule has 0 spiro atoms. The number of amides is 1. The molecule has 0 aliphatic carbocycles. The normalized spacial score (nSPS) is 13.6. The van der Waals surface area contributed by atoms with Gasteiger partial charge >= 0.3 is 0 Å². The molecule has 2 aromatic rings. The Hall–Kier alpha value is -1.30. The van der Waals surface area contributed by atoms with Gasteiger partial charge in [0.05, 0.1) is 6.10 Å². The predicted molar refractivity (Wildman–Crippen MR) is 88.6 cm³/mol. The minimum atomic E-state index is -0.630. The summed E-state index contributed by atoms with van der Waals surface area (Å²) in [4.78, 5) is 13.2. The number of carbonyl (C=O) groups is 1. The highest BCUT2D eigenvalue weighted by molar-refractivity contribution is 7.99. The zero-order valence-corrected chi connectivity index (χ0v) is 13.5. The molecule has 0 saturated heterocycles. The first-order chi connectivity index (χ1) is 10.2. The van der Waals surface area contributed by atoms with Gasteiger partial charge in [-0.15, -0.1) is 11.8 Å². The number of benzene rings is 1. The molecule has 112 valence electrons. The Kier molecular flexibility index (Phi) is 6.29. The molecule has 1 aromatic heterocycles. The summed E-state index contributed by atoms with van der Waals surface area (Å²) in [7, 11) is 0. The molecular formula is C16H19NO2S2. The second kappa shape index (κ2) is 8.22. The van der Waals surface area contributed by atoms with Crippen LogP contribution in [0.2, 0.25) is 0 Å². The van der Waals surface area contributed by atoms with Crippen LogP contribution in [0.15, 0.2) is 52.1 Å². The molecule has 2 rings (SSSR count). The van der Waals surface area contributed by atoms with E-state index in [4.69, 9.17) is 0 Å². The summed E-state index contributed by atoms with van der Waals surface area (Å²) >= 11 is 3.21. The van der Waals surface area contributed by atoms with Crippen molar-refractivity contribution in [1.82, 2.24) is 5.32 Å². The molecule has 0 bridgehead atoms. The van der Waals surface area contributed by atoms with E-state index in [1.54, 1.807) is 11.8 Å². The maximum Gasteiger partial charge on any atom is 0.223 e. The van der Waals surface area contributed by atoms with E-state index in [0.29, 0.717) is 0 Å². The number of carbonyl (C=O) groups excluding carboxylic acids is 1. The molecule has 1 aromatic carbocycles. The van der Waals surface area contributed by atoms with Crippen molar-refractivity contribution in [2.45, 2.75) is 17.9 Å². The Morgan fingerprint density at radius 1 is 1.33 bits per heavy atom. The van der Waals surface area contributed by atoms with Gasteiger partial charge in [-0.2, -0.15) is 11.3 Å². The van der Waals surface area contributed by atoms with Crippen LogP contribution in [0.4, 0.5) is 0 Å². The van der Waals surface area contributed by atoms with Crippen LogP contribution >= 0.6 is 23.1 Å². The van der Waals surface area contributed by atoms with E-state index in [2.05, 4.69) is 5.32 Å². The fraction of sp³-hybridized carbons (Fsp3) is 0.312. The number of nitrogens with one attached hydrogen (secondary N) is 1. The summed E-state index contributed by atoms with van der Waals surface area (Å²) in [6.07, 6.45) is -0.630. The number of aliphatic hydroxyl groups excluding tert-OH is 1. The smallest absolute Gasteiger partial charge is 0.223 e. The van der Waals surface area contributed by atoms with E-state index in [-0.39, 0.29) is 18.4 Å². The SMILES string of the molecule is CC(CSc1ccccc1)C(=O)NCC(O)c1ccsc1. The van der Waals surface area contributed by atoms with Crippen molar-refractivity contribution in [1.29, 1.82) is 0 Å². The van der Waals surface area contributed by atoms with E-state index in [1.165, 1.54) is 11.3 Å². The molecule has 21 heavy (non-hydrogen) atoms. The number of hydrogen-bond acceptors (Lipinski definition) is 4. The largest absolute Gasteiger partial charge is 0.387 e. The molecule has 0 aliphatic heterocycles. The number of rotatable bonds is 7. The fourth-order valence-electron chi connectivity index (χ4n) is 1.77. The molecule has 2 N–H and O–H groups in total. The molecule has 0 fully saturated rings. The first kappa shape index (κ1) is 16.1. The lowest BCUT2D eigenvalue weighted by molar-refractivity contribution is -0.124. The van der Waals surface area contributed by atoms with E-state index < -0.39 is 6.10 Å². The van der Waals surface area contributed by atoms with Gasteiger partial charge in [-0.1, -0.05) is 25.1 Å². The average molecular weight is 321 g/mol. The molecule has 0 aliphatic rings. The van der Waals surface area contributed by atoms with Crippen LogP contribution in [0.5, 0.6) is 0 Å². The van der Waals surface area contributed by atoms with Crippen molar-refractivity contribution in [2.24, 2.45) is 5.92 Å². The summed E-state index contributed by atoms with van der Waals surface area (Å²) in [6.45, 7) is 2.16. The highest BCUT2D eigenvalue weighted by Gasteiger charge is 2.15. The van der Waals surface area contributed by atoms with Gasteiger partial charge in [-0.25, -0.2) is 0 Å². The molecule has 2 unspecified atom stereocenters. The summed E-state index contributed by atoms with van der Waals surface area (Å²) in [5, 5.41) is 16.6. The van der Waals surface area contributed by atoms with E-state index >= 15 is 0 Å². The zero-order valence-electron chi connectivity index (χ0n) is 11.9. The standard InChI is InChI=1S/C16H19NO2S2/c1-12(10-21-14-5-3-2-4-6-14)16(19)17-9-15(18)13-7-8-20-11-13/h2-8,11-12,15,18H,9-10H2,1H3,(H,17,19). The van der Waals surface area contributed by atoms with Gasteiger partial charge in [-0.3, -0.25) is 4.79 Å². The second-order valence-corrected chi connectivity index (χ2v) is 6.72. The maximum absolute atomic E-state index is 12.0. The quantitative estimate of drug-likeness (QED) is 0.769. The first-order valence-electron chi connectivity index (χ1n) is 6.82. The number of aliphatic hydroxyl groups is 1. The topological polar surface area (TPSA) is 49.3 Å². The van der Waals surface area contributed by atoms with Crippen LogP contribution in [0.3, 0.4) is 0 Å². The van der Waals surface area contributed by atoms with E-state index in [0.717, 1.165) is 16.2 Å². The van der Waals surface area contributed by atoms with Crippen LogP contribution in [0.1, 0.15) is 18.6 Å². The molecule has 0 radical (unpaired) electrons. The molecule has 5 heteroatoms. The lowest BCUT2D eigenvalue weighted by Gasteiger charge is -2.14. The van der Waals surface area contributed by atoms with Gasteiger partial charge in [-0.05, 0) is 34.5 Å². The van der Waals surface area contributed by atoms with Gasteiger partial charge < -0.3 is 10.4 Å². The lowest BCUT2D eigenvalue weighted by Crippen LogP contribution is -2.33. The van der Waals surface area contributed by atoms with Crippen molar-refractivity contribution < 1.29 is 9.90 Å². The summed E-state index contributed by atoms with van der Waals surface area (Å²) in [5.41, 5.74) is 0.853. The monoisotopic (exact) mass is 321 g/mol. The lowest BCUT2D eigenvalue weighted by atomic mass is 10.1. The van der Waals surface area contributed by atoms with Crippen molar-refractivity contribution in [3.05, 3.63) is 52.7 Å². The third-order valence-corrected chi connectivity index (χ3v) is 5.06. The summed E-state index contributed by atoms with van der Waals surface area (Å²) in [5.74, 6) is 0.613. The minimum Gasteiger partial charge on any atom is -0.387 e. The number of thiophene rings is 1. The van der Waals surface area contributed by atoms with Crippen LogP contribution in [-0.2, 0) is 4.79 Å². The van der Waals surface area contributed by atoms with Crippen molar-refractivity contribution in [3.63, 3.8) is 0 Å². The predicted octanol–water partition coefficient (Wildman–Crippen LogP) is 3.33. The molecule has 3 nitrogen and oxygen atoms in total. The van der Waals surface area contributed by atoms with Crippen molar-refractivity contribution >= 4 is 29.0 Å². The third kappa shape index (κ3) is 5.19. The van der Waals surface area contributed by atoms with Gasteiger partial charge in [0.1, 0.15) is 0 Å². The fourth-order valence-corrected chi connectivity index (χ4v) is 3.42. The van der Waals surface area contributed by atoms with Gasteiger partial charge in [0.15, 0.2) is 0 Å².